The lowest BCUT2D eigenvalue weighted by molar-refractivity contribution is -0.00828. The minimum absolute atomic E-state index is 0.302. The van der Waals surface area contributed by atoms with Crippen LogP contribution in [0.1, 0.15) is 24.6 Å². The Morgan fingerprint density at radius 2 is 2.50 bits per heavy atom. The van der Waals surface area contributed by atoms with E-state index in [1.54, 1.807) is 0 Å². The summed E-state index contributed by atoms with van der Waals surface area (Å²) in [6, 6.07) is 4.05. The number of aliphatic hydroxyl groups is 1. The summed E-state index contributed by atoms with van der Waals surface area (Å²) in [7, 11) is 0. The van der Waals surface area contributed by atoms with E-state index in [1.807, 2.05) is 19.2 Å². The molecular weight excluding hydrogens is 176 g/mol. The standard InChI is InChI=1S/C11H16N2O/c1-2-11(14)13-7-5-10-9(8-13)4-3-6-12-10/h3-4,6,11,14H,2,5,7-8H2,1H3. The molecule has 0 aliphatic carbocycles. The van der Waals surface area contributed by atoms with Crippen molar-refractivity contribution >= 4 is 0 Å². The van der Waals surface area contributed by atoms with E-state index in [2.05, 4.69) is 16.0 Å². The maximum atomic E-state index is 9.71. The smallest absolute Gasteiger partial charge is 0.107 e. The summed E-state index contributed by atoms with van der Waals surface area (Å²) in [6.45, 7) is 3.75. The van der Waals surface area contributed by atoms with Gasteiger partial charge in [0.05, 0.1) is 0 Å². The second-order valence-electron chi connectivity index (χ2n) is 3.72. The normalized spacial score (nSPS) is 19.0. The highest BCUT2D eigenvalue weighted by Crippen LogP contribution is 2.18. The summed E-state index contributed by atoms with van der Waals surface area (Å²) < 4.78 is 0. The van der Waals surface area contributed by atoms with Crippen molar-refractivity contribution in [3.63, 3.8) is 0 Å². The molecule has 3 nitrogen and oxygen atoms in total. The van der Waals surface area contributed by atoms with Crippen LogP contribution in [-0.4, -0.2) is 27.8 Å². The zero-order chi connectivity index (χ0) is 9.97. The summed E-state index contributed by atoms with van der Waals surface area (Å²) >= 11 is 0. The number of fused-ring (bicyclic) bond motifs is 1. The van der Waals surface area contributed by atoms with Gasteiger partial charge in [0.1, 0.15) is 6.23 Å². The van der Waals surface area contributed by atoms with Gasteiger partial charge in [0.2, 0.25) is 0 Å². The first-order valence-electron chi connectivity index (χ1n) is 5.16. The number of nitrogens with zero attached hydrogens (tertiary/aromatic N) is 2. The van der Waals surface area contributed by atoms with Gasteiger partial charge in [0.25, 0.3) is 0 Å². The highest BCUT2D eigenvalue weighted by Gasteiger charge is 2.20. The minimum Gasteiger partial charge on any atom is -0.378 e. The summed E-state index contributed by atoms with van der Waals surface area (Å²) in [6.07, 6.45) is 3.27. The molecule has 0 radical (unpaired) electrons. The van der Waals surface area contributed by atoms with Gasteiger partial charge >= 0.3 is 0 Å². The number of hydrogen-bond donors (Lipinski definition) is 1. The molecule has 1 aromatic heterocycles. The van der Waals surface area contributed by atoms with Crippen molar-refractivity contribution in [2.24, 2.45) is 0 Å². The molecule has 0 saturated heterocycles. The lowest BCUT2D eigenvalue weighted by atomic mass is 10.1. The first-order chi connectivity index (χ1) is 6.81. The number of pyridine rings is 1. The molecule has 0 fully saturated rings. The van der Waals surface area contributed by atoms with Gasteiger partial charge in [0.15, 0.2) is 0 Å². The Hall–Kier alpha value is -0.930. The fourth-order valence-corrected chi connectivity index (χ4v) is 1.90. The summed E-state index contributed by atoms with van der Waals surface area (Å²) in [5, 5.41) is 9.71. The average molecular weight is 192 g/mol. The minimum atomic E-state index is -0.302. The van der Waals surface area contributed by atoms with Gasteiger partial charge < -0.3 is 5.11 Å². The first kappa shape index (κ1) is 9.62. The van der Waals surface area contributed by atoms with Crippen molar-refractivity contribution in [3.8, 4) is 0 Å². The fraction of sp³-hybridized carbons (Fsp3) is 0.545. The van der Waals surface area contributed by atoms with Crippen molar-refractivity contribution in [2.75, 3.05) is 6.54 Å². The van der Waals surface area contributed by atoms with E-state index in [0.717, 1.165) is 25.9 Å². The van der Waals surface area contributed by atoms with Gasteiger partial charge in [-0.15, -0.1) is 0 Å². The van der Waals surface area contributed by atoms with Crippen LogP contribution < -0.4 is 0 Å². The lowest BCUT2D eigenvalue weighted by Crippen LogP contribution is -2.39. The molecule has 1 N–H and O–H groups in total. The zero-order valence-corrected chi connectivity index (χ0v) is 8.48. The highest BCUT2D eigenvalue weighted by molar-refractivity contribution is 5.22. The second kappa shape index (κ2) is 4.07. The predicted molar refractivity (Wildman–Crippen MR) is 54.6 cm³/mol. The second-order valence-corrected chi connectivity index (χ2v) is 3.72. The van der Waals surface area contributed by atoms with Gasteiger partial charge in [-0.25, -0.2) is 0 Å². The Morgan fingerprint density at radius 1 is 1.64 bits per heavy atom. The zero-order valence-electron chi connectivity index (χ0n) is 8.48. The van der Waals surface area contributed by atoms with Crippen molar-refractivity contribution < 1.29 is 5.11 Å². The van der Waals surface area contributed by atoms with E-state index in [0.29, 0.717) is 0 Å². The first-order valence-corrected chi connectivity index (χ1v) is 5.16. The Labute approximate surface area is 84.4 Å². The molecule has 76 valence electrons. The lowest BCUT2D eigenvalue weighted by Gasteiger charge is -2.31. The van der Waals surface area contributed by atoms with Crippen LogP contribution in [0.15, 0.2) is 18.3 Å². The Morgan fingerprint density at radius 3 is 3.29 bits per heavy atom. The maximum absolute atomic E-state index is 9.71. The number of aliphatic hydroxyl groups excluding tert-OH is 1. The number of hydrogen-bond acceptors (Lipinski definition) is 3. The molecule has 1 aliphatic rings. The van der Waals surface area contributed by atoms with E-state index in [4.69, 9.17) is 0 Å². The van der Waals surface area contributed by atoms with E-state index in [1.165, 1.54) is 11.3 Å². The monoisotopic (exact) mass is 192 g/mol. The van der Waals surface area contributed by atoms with Crippen LogP contribution >= 0.6 is 0 Å². The Bertz CT molecular complexity index is 314. The number of rotatable bonds is 2. The van der Waals surface area contributed by atoms with Crippen LogP contribution in [0.5, 0.6) is 0 Å². The van der Waals surface area contributed by atoms with Gasteiger partial charge in [-0.2, -0.15) is 0 Å². The molecule has 0 bridgehead atoms. The topological polar surface area (TPSA) is 36.4 Å². The summed E-state index contributed by atoms with van der Waals surface area (Å²) in [5.74, 6) is 0. The number of aromatic nitrogens is 1. The van der Waals surface area contributed by atoms with Gasteiger partial charge in [-0.3, -0.25) is 9.88 Å². The van der Waals surface area contributed by atoms with Crippen molar-refractivity contribution in [1.29, 1.82) is 0 Å². The molecule has 3 heteroatoms. The Balaban J connectivity index is 2.13. The molecule has 0 amide bonds. The maximum Gasteiger partial charge on any atom is 0.107 e. The third kappa shape index (κ3) is 1.79. The van der Waals surface area contributed by atoms with Crippen LogP contribution in [0.4, 0.5) is 0 Å². The molecule has 1 aliphatic heterocycles. The molecule has 0 spiro atoms. The third-order valence-corrected chi connectivity index (χ3v) is 2.78. The molecule has 0 aromatic carbocycles. The van der Waals surface area contributed by atoms with Crippen molar-refractivity contribution in [1.82, 2.24) is 9.88 Å². The summed E-state index contributed by atoms with van der Waals surface area (Å²) in [4.78, 5) is 6.43. The van der Waals surface area contributed by atoms with Crippen LogP contribution in [-0.2, 0) is 13.0 Å². The van der Waals surface area contributed by atoms with Crippen molar-refractivity contribution in [2.45, 2.75) is 32.5 Å². The van der Waals surface area contributed by atoms with Crippen LogP contribution in [0, 0.1) is 0 Å². The molecule has 14 heavy (non-hydrogen) atoms. The molecule has 0 saturated carbocycles. The van der Waals surface area contributed by atoms with E-state index in [9.17, 15) is 5.11 Å². The molecule has 2 heterocycles. The van der Waals surface area contributed by atoms with Crippen LogP contribution in [0.25, 0.3) is 0 Å². The fourth-order valence-electron chi connectivity index (χ4n) is 1.90. The average Bonchev–Trinajstić information content (AvgIpc) is 2.27. The SMILES string of the molecule is CCC(O)N1CCc2ncccc2C1. The molecule has 2 rings (SSSR count). The molecule has 1 atom stereocenters. The van der Waals surface area contributed by atoms with Gasteiger partial charge in [-0.1, -0.05) is 13.0 Å². The van der Waals surface area contributed by atoms with E-state index in [-0.39, 0.29) is 6.23 Å². The van der Waals surface area contributed by atoms with Gasteiger partial charge in [-0.05, 0) is 18.1 Å². The molecule has 1 aromatic rings. The quantitative estimate of drug-likeness (QED) is 0.764. The molecule has 1 unspecified atom stereocenters. The molecular formula is C11H16N2O. The largest absolute Gasteiger partial charge is 0.378 e. The van der Waals surface area contributed by atoms with Crippen LogP contribution in [0.3, 0.4) is 0 Å². The van der Waals surface area contributed by atoms with E-state index < -0.39 is 0 Å². The van der Waals surface area contributed by atoms with Crippen LogP contribution in [0.2, 0.25) is 0 Å². The predicted octanol–water partition coefficient (Wildman–Crippen LogP) is 1.17. The van der Waals surface area contributed by atoms with Gasteiger partial charge in [0, 0.05) is 31.4 Å². The van der Waals surface area contributed by atoms with E-state index >= 15 is 0 Å². The summed E-state index contributed by atoms with van der Waals surface area (Å²) in [5.41, 5.74) is 2.44. The highest BCUT2D eigenvalue weighted by atomic mass is 16.3. The van der Waals surface area contributed by atoms with Crippen molar-refractivity contribution in [3.05, 3.63) is 29.6 Å². The Kier molecular flexibility index (Phi) is 2.79. The third-order valence-electron chi connectivity index (χ3n) is 2.78.